The van der Waals surface area contributed by atoms with Crippen LogP contribution in [-0.4, -0.2) is 32.1 Å². The van der Waals surface area contributed by atoms with Crippen LogP contribution >= 0.6 is 0 Å². The molecule has 2 aromatic rings. The molecule has 0 saturated carbocycles. The van der Waals surface area contributed by atoms with Gasteiger partial charge in [-0.15, -0.1) is 0 Å². The molecule has 1 heterocycles. The number of benzene rings is 2. The van der Waals surface area contributed by atoms with Crippen LogP contribution < -0.4 is 9.64 Å². The fraction of sp³-hybridized carbons (Fsp3) is 0.176. The molecule has 0 unspecified atom stereocenters. The molecule has 0 spiro atoms. The third-order valence-electron chi connectivity index (χ3n) is 3.51. The van der Waals surface area contributed by atoms with Crippen molar-refractivity contribution in [1.82, 2.24) is 0 Å². The van der Waals surface area contributed by atoms with Crippen LogP contribution in [0.4, 0.5) is 10.1 Å². The number of amides is 2. The zero-order chi connectivity index (χ0) is 16.4. The molecular formula is C17H14FNO4. The van der Waals surface area contributed by atoms with E-state index >= 15 is 0 Å². The van der Waals surface area contributed by atoms with E-state index in [1.807, 2.05) is 0 Å². The summed E-state index contributed by atoms with van der Waals surface area (Å²) >= 11 is 0. The molecule has 0 fully saturated rings. The topological polar surface area (TPSA) is 55.8 Å². The molecule has 0 bridgehead atoms. The first-order valence-corrected chi connectivity index (χ1v) is 7.02. The summed E-state index contributed by atoms with van der Waals surface area (Å²) in [5.41, 5.74) is 0.810. The fourth-order valence-electron chi connectivity index (χ4n) is 2.40. The van der Waals surface area contributed by atoms with Crippen molar-refractivity contribution in [3.63, 3.8) is 0 Å². The average molecular weight is 315 g/mol. The zero-order valence-corrected chi connectivity index (χ0v) is 12.4. The second-order valence-electron chi connectivity index (χ2n) is 4.95. The number of methoxy groups -OCH3 is 1. The van der Waals surface area contributed by atoms with Crippen molar-refractivity contribution in [1.29, 1.82) is 0 Å². The number of carbonyl (C=O) groups excluding carboxylic acids is 2. The van der Waals surface area contributed by atoms with E-state index in [9.17, 15) is 14.0 Å². The van der Waals surface area contributed by atoms with E-state index in [0.717, 1.165) is 11.0 Å². The van der Waals surface area contributed by atoms with E-state index in [1.165, 1.54) is 19.2 Å². The molecule has 1 aliphatic heterocycles. The molecule has 118 valence electrons. The Kier molecular flexibility index (Phi) is 4.08. The Morgan fingerprint density at radius 1 is 1.00 bits per heavy atom. The van der Waals surface area contributed by atoms with E-state index in [1.54, 1.807) is 24.3 Å². The highest BCUT2D eigenvalue weighted by Gasteiger charge is 2.36. The lowest BCUT2D eigenvalue weighted by Crippen LogP contribution is -2.29. The molecule has 23 heavy (non-hydrogen) atoms. The van der Waals surface area contributed by atoms with E-state index in [4.69, 9.17) is 9.47 Å². The standard InChI is InChI=1S/C17H14FNO4/c1-22-8-9-23-15-7-6-11(10-14(15)18)19-16(20)12-4-2-3-5-13(12)17(19)21/h2-7,10H,8-9H2,1H3. The minimum absolute atomic E-state index is 0.0439. The SMILES string of the molecule is COCCOc1ccc(N2C(=O)c3ccccc3C2=O)cc1F. The molecule has 2 aromatic carbocycles. The monoisotopic (exact) mass is 315 g/mol. The van der Waals surface area contributed by atoms with Gasteiger partial charge in [0.2, 0.25) is 0 Å². The molecule has 1 aliphatic rings. The van der Waals surface area contributed by atoms with Gasteiger partial charge in [0.15, 0.2) is 11.6 Å². The van der Waals surface area contributed by atoms with Gasteiger partial charge in [0.05, 0.1) is 23.4 Å². The number of fused-ring (bicyclic) bond motifs is 1. The molecule has 3 rings (SSSR count). The smallest absolute Gasteiger partial charge is 0.266 e. The van der Waals surface area contributed by atoms with Gasteiger partial charge in [-0.1, -0.05) is 12.1 Å². The van der Waals surface area contributed by atoms with Crippen LogP contribution in [0.2, 0.25) is 0 Å². The van der Waals surface area contributed by atoms with Gasteiger partial charge in [0.1, 0.15) is 6.61 Å². The van der Waals surface area contributed by atoms with Crippen LogP contribution in [0.5, 0.6) is 5.75 Å². The molecule has 0 atom stereocenters. The van der Waals surface area contributed by atoms with Crippen molar-refractivity contribution < 1.29 is 23.5 Å². The van der Waals surface area contributed by atoms with Crippen LogP contribution in [0.25, 0.3) is 0 Å². The maximum Gasteiger partial charge on any atom is 0.266 e. The molecule has 6 heteroatoms. The predicted octanol–water partition coefficient (Wildman–Crippen LogP) is 2.65. The summed E-state index contributed by atoms with van der Waals surface area (Å²) in [6.45, 7) is 0.541. The van der Waals surface area contributed by atoms with Crippen molar-refractivity contribution in [3.8, 4) is 5.75 Å². The number of halogens is 1. The van der Waals surface area contributed by atoms with Gasteiger partial charge in [-0.3, -0.25) is 9.59 Å². The summed E-state index contributed by atoms with van der Waals surface area (Å²) in [5.74, 6) is -1.52. The van der Waals surface area contributed by atoms with E-state index < -0.39 is 17.6 Å². The molecule has 0 aromatic heterocycles. The summed E-state index contributed by atoms with van der Waals surface area (Å²) in [5, 5.41) is 0. The van der Waals surface area contributed by atoms with Crippen molar-refractivity contribution >= 4 is 17.5 Å². The molecule has 0 aliphatic carbocycles. The Morgan fingerprint density at radius 3 is 2.22 bits per heavy atom. The summed E-state index contributed by atoms with van der Waals surface area (Å²) in [6, 6.07) is 10.5. The Labute approximate surface area is 132 Å². The highest BCUT2D eigenvalue weighted by atomic mass is 19.1. The number of hydrogen-bond acceptors (Lipinski definition) is 4. The van der Waals surface area contributed by atoms with Gasteiger partial charge in [-0.2, -0.15) is 0 Å². The maximum absolute atomic E-state index is 14.1. The number of imide groups is 1. The Hall–Kier alpha value is -2.73. The molecule has 0 radical (unpaired) electrons. The second-order valence-corrected chi connectivity index (χ2v) is 4.95. The minimum atomic E-state index is -0.643. The Morgan fingerprint density at radius 2 is 1.65 bits per heavy atom. The third-order valence-corrected chi connectivity index (χ3v) is 3.51. The summed E-state index contributed by atoms with van der Waals surface area (Å²) in [6.07, 6.45) is 0. The molecule has 0 N–H and O–H groups in total. The van der Waals surface area contributed by atoms with E-state index in [-0.39, 0.29) is 18.0 Å². The molecular weight excluding hydrogens is 301 g/mol. The lowest BCUT2D eigenvalue weighted by molar-refractivity contribution is 0.0926. The average Bonchev–Trinajstić information content (AvgIpc) is 2.81. The third kappa shape index (κ3) is 2.68. The van der Waals surface area contributed by atoms with E-state index in [0.29, 0.717) is 17.7 Å². The first-order chi connectivity index (χ1) is 11.1. The van der Waals surface area contributed by atoms with Gasteiger partial charge in [0, 0.05) is 13.2 Å². The fourth-order valence-corrected chi connectivity index (χ4v) is 2.40. The van der Waals surface area contributed by atoms with Gasteiger partial charge in [-0.25, -0.2) is 9.29 Å². The van der Waals surface area contributed by atoms with Crippen LogP contribution in [0.1, 0.15) is 20.7 Å². The van der Waals surface area contributed by atoms with Crippen LogP contribution in [-0.2, 0) is 4.74 Å². The lowest BCUT2D eigenvalue weighted by Gasteiger charge is -2.15. The number of hydrogen-bond donors (Lipinski definition) is 0. The zero-order valence-electron chi connectivity index (χ0n) is 12.4. The van der Waals surface area contributed by atoms with Crippen molar-refractivity contribution in [2.45, 2.75) is 0 Å². The minimum Gasteiger partial charge on any atom is -0.488 e. The van der Waals surface area contributed by atoms with Gasteiger partial charge in [-0.05, 0) is 24.3 Å². The van der Waals surface area contributed by atoms with Crippen molar-refractivity contribution in [2.75, 3.05) is 25.2 Å². The highest BCUT2D eigenvalue weighted by Crippen LogP contribution is 2.30. The van der Waals surface area contributed by atoms with Crippen molar-refractivity contribution in [3.05, 3.63) is 59.4 Å². The molecule has 0 saturated heterocycles. The number of nitrogens with zero attached hydrogens (tertiary/aromatic N) is 1. The normalized spacial score (nSPS) is 13.4. The lowest BCUT2D eigenvalue weighted by atomic mass is 10.1. The predicted molar refractivity (Wildman–Crippen MR) is 81.4 cm³/mol. The maximum atomic E-state index is 14.1. The van der Waals surface area contributed by atoms with Gasteiger partial charge >= 0.3 is 0 Å². The van der Waals surface area contributed by atoms with Gasteiger partial charge in [0.25, 0.3) is 11.8 Å². The second kappa shape index (κ2) is 6.18. The molecule has 2 amide bonds. The first-order valence-electron chi connectivity index (χ1n) is 7.02. The Bertz CT molecular complexity index is 740. The molecule has 5 nitrogen and oxygen atoms in total. The number of carbonyl (C=O) groups is 2. The number of rotatable bonds is 5. The van der Waals surface area contributed by atoms with Crippen LogP contribution in [0.15, 0.2) is 42.5 Å². The van der Waals surface area contributed by atoms with Crippen molar-refractivity contribution in [2.24, 2.45) is 0 Å². The summed E-state index contributed by atoms with van der Waals surface area (Å²) < 4.78 is 24.1. The first kappa shape index (κ1) is 15.2. The van der Waals surface area contributed by atoms with Crippen LogP contribution in [0, 0.1) is 5.82 Å². The summed E-state index contributed by atoms with van der Waals surface area (Å²) in [4.78, 5) is 25.7. The number of anilines is 1. The van der Waals surface area contributed by atoms with Crippen LogP contribution in [0.3, 0.4) is 0 Å². The largest absolute Gasteiger partial charge is 0.488 e. The quantitative estimate of drug-likeness (QED) is 0.629. The van der Waals surface area contributed by atoms with E-state index in [2.05, 4.69) is 0 Å². The number of ether oxygens (including phenoxy) is 2. The Balaban J connectivity index is 1.87. The summed E-state index contributed by atoms with van der Waals surface area (Å²) in [7, 11) is 1.52. The highest BCUT2D eigenvalue weighted by molar-refractivity contribution is 6.34. The van der Waals surface area contributed by atoms with Gasteiger partial charge < -0.3 is 9.47 Å².